The lowest BCUT2D eigenvalue weighted by Gasteiger charge is -2.54. The van der Waals surface area contributed by atoms with Crippen LogP contribution < -0.4 is 0 Å². The molecule has 5 aliphatic heterocycles. The van der Waals surface area contributed by atoms with Crippen LogP contribution in [0.15, 0.2) is 60.0 Å². The maximum Gasteiger partial charge on any atom is 0.311 e. The van der Waals surface area contributed by atoms with Crippen molar-refractivity contribution in [3.05, 3.63) is 60.0 Å². The van der Waals surface area contributed by atoms with E-state index in [0.29, 0.717) is 16.7 Å². The van der Waals surface area contributed by atoms with Crippen LogP contribution in [0.3, 0.4) is 0 Å². The molecule has 3 fully saturated rings. The molecule has 2 N–H and O–H groups in total. The number of ketones is 1. The number of allylic oxidation sites excluding steroid dienone is 2. The van der Waals surface area contributed by atoms with E-state index in [9.17, 15) is 29.4 Å². The van der Waals surface area contributed by atoms with E-state index in [1.165, 1.54) is 77.4 Å². The van der Waals surface area contributed by atoms with E-state index < -0.39 is 57.9 Å². The molecule has 11 nitrogen and oxygen atoms in total. The molecular weight excluding hydrogens is 608 g/mol. The Labute approximate surface area is 265 Å². The van der Waals surface area contributed by atoms with Gasteiger partial charge in [0.05, 0.1) is 55.3 Å². The van der Waals surface area contributed by atoms with E-state index in [4.69, 9.17) is 14.2 Å². The van der Waals surface area contributed by atoms with Gasteiger partial charge in [0.15, 0.2) is 15.5 Å². The molecule has 0 saturated carbocycles. The first-order chi connectivity index (χ1) is 20.9. The molecule has 3 saturated heterocycles. The van der Waals surface area contributed by atoms with Crippen LogP contribution in [0.1, 0.15) is 40.5 Å². The van der Waals surface area contributed by atoms with Crippen LogP contribution in [0.4, 0.5) is 0 Å². The van der Waals surface area contributed by atoms with Gasteiger partial charge in [-0.25, -0.2) is 0 Å². The second-order valence-electron chi connectivity index (χ2n) is 11.7. The van der Waals surface area contributed by atoms with E-state index in [-0.39, 0.29) is 30.4 Å². The zero-order valence-corrected chi connectivity index (χ0v) is 27.1. The van der Waals surface area contributed by atoms with Crippen molar-refractivity contribution >= 4 is 47.1 Å². The Bertz CT molecular complexity index is 1410. The molecule has 0 aromatic carbocycles. The number of esters is 1. The standard InChI is InChI=1S/C31H38N2O9S2/c1-7-16(2)25(35)17(3)26(36)18(4)27(37)42-22-9-11-41-15-20-13-31(44-6)28(38)32-23-19(14-40-10-8-21(23)34)12-30(32,43-5)29(39)33(31)24(20)22/h7-11,14-15,17-18,21-24,26,34,36H,12-13H2,1-6H3/b16-7+/t17-,18+,21-,22-,23-,24-,26-,30+,31+/m0/s1. The molecule has 5 rings (SSSR count). The van der Waals surface area contributed by atoms with Crippen LogP contribution in [-0.2, 0) is 33.4 Å². The third-order valence-corrected chi connectivity index (χ3v) is 11.8. The lowest BCUT2D eigenvalue weighted by Crippen LogP contribution is -2.74. The Morgan fingerprint density at radius 2 is 1.50 bits per heavy atom. The molecule has 0 spiro atoms. The van der Waals surface area contributed by atoms with Gasteiger partial charge in [-0.3, -0.25) is 19.2 Å². The summed E-state index contributed by atoms with van der Waals surface area (Å²) in [6, 6.07) is -1.66. The normalized spacial score (nSPS) is 34.6. The Balaban J connectivity index is 1.50. The van der Waals surface area contributed by atoms with Crippen LogP contribution in [0.2, 0.25) is 0 Å². The number of aliphatic hydroxyl groups excluding tert-OH is 2. The number of fused-ring (bicyclic) bond motifs is 6. The van der Waals surface area contributed by atoms with Crippen molar-refractivity contribution in [2.24, 2.45) is 11.8 Å². The van der Waals surface area contributed by atoms with Crippen LogP contribution in [0, 0.1) is 11.8 Å². The molecule has 2 amide bonds. The van der Waals surface area contributed by atoms with Crippen molar-refractivity contribution < 1.29 is 43.6 Å². The molecule has 44 heavy (non-hydrogen) atoms. The van der Waals surface area contributed by atoms with Gasteiger partial charge in [0.2, 0.25) is 0 Å². The van der Waals surface area contributed by atoms with Gasteiger partial charge in [0, 0.05) is 18.8 Å². The fourth-order valence-electron chi connectivity index (χ4n) is 6.78. The first-order valence-electron chi connectivity index (χ1n) is 14.4. The lowest BCUT2D eigenvalue weighted by atomic mass is 9.87. The van der Waals surface area contributed by atoms with Gasteiger partial charge in [0.1, 0.15) is 6.10 Å². The second-order valence-corrected chi connectivity index (χ2v) is 13.8. The molecule has 0 aromatic heterocycles. The highest BCUT2D eigenvalue weighted by Gasteiger charge is 2.72. The number of ether oxygens (including phenoxy) is 3. The summed E-state index contributed by atoms with van der Waals surface area (Å²) in [5, 5.41) is 22.0. The highest BCUT2D eigenvalue weighted by atomic mass is 32.2. The molecule has 0 radical (unpaired) electrons. The summed E-state index contributed by atoms with van der Waals surface area (Å²) in [5.41, 5.74) is 1.69. The Kier molecular flexibility index (Phi) is 8.89. The Hall–Kier alpha value is -3.00. The molecule has 9 atom stereocenters. The quantitative estimate of drug-likeness (QED) is 0.297. The van der Waals surface area contributed by atoms with Crippen LogP contribution in [0.25, 0.3) is 0 Å². The minimum Gasteiger partial charge on any atom is -0.473 e. The fourth-order valence-corrected chi connectivity index (χ4v) is 8.74. The van der Waals surface area contributed by atoms with E-state index in [1.54, 1.807) is 39.4 Å². The fraction of sp³-hybridized carbons (Fsp3) is 0.548. The lowest BCUT2D eigenvalue weighted by molar-refractivity contribution is -0.171. The number of hydrogen-bond acceptors (Lipinski definition) is 11. The second kappa shape index (κ2) is 12.1. The maximum absolute atomic E-state index is 14.8. The Morgan fingerprint density at radius 1 is 0.977 bits per heavy atom. The number of aliphatic hydroxyl groups is 2. The van der Waals surface area contributed by atoms with Crippen LogP contribution >= 0.6 is 23.5 Å². The molecule has 0 aliphatic carbocycles. The SMILES string of the molecule is C/C=C(\C)C(=O)[C@H](C)[C@H](O)[C@@H](C)C(=O)O[C@H]1C=COC=C2C[C@@]3(SC)C(=O)N4[C@H]5C(=COC=C[C@@H]5O)C[C@@]4(SC)C(=O)N3[C@@H]21. The maximum atomic E-state index is 14.8. The molecule has 5 aliphatic rings. The van der Waals surface area contributed by atoms with Gasteiger partial charge in [-0.1, -0.05) is 13.0 Å². The summed E-state index contributed by atoms with van der Waals surface area (Å²) in [4.78, 5) is 55.9. The van der Waals surface area contributed by atoms with Crippen molar-refractivity contribution in [2.75, 3.05) is 12.5 Å². The summed E-state index contributed by atoms with van der Waals surface area (Å²) < 4.78 is 17.0. The molecule has 5 heterocycles. The first-order valence-corrected chi connectivity index (χ1v) is 16.9. The minimum atomic E-state index is -1.39. The predicted octanol–water partition coefficient (Wildman–Crippen LogP) is 2.62. The van der Waals surface area contributed by atoms with E-state index >= 15 is 0 Å². The molecule has 238 valence electrons. The third kappa shape index (κ3) is 4.74. The van der Waals surface area contributed by atoms with Gasteiger partial charge in [-0.2, -0.15) is 0 Å². The number of hydrogen-bond donors (Lipinski definition) is 2. The number of thioether (sulfide) groups is 2. The van der Waals surface area contributed by atoms with Gasteiger partial charge in [-0.15, -0.1) is 23.5 Å². The largest absolute Gasteiger partial charge is 0.473 e. The summed E-state index contributed by atoms with van der Waals surface area (Å²) in [6.45, 7) is 6.43. The number of Topliss-reactive ketones (excluding diaryl/α,β-unsaturated/α-hetero) is 1. The predicted molar refractivity (Wildman–Crippen MR) is 164 cm³/mol. The monoisotopic (exact) mass is 646 g/mol. The van der Waals surface area contributed by atoms with Gasteiger partial charge in [0.25, 0.3) is 11.8 Å². The molecule has 0 unspecified atom stereocenters. The van der Waals surface area contributed by atoms with E-state index in [2.05, 4.69) is 0 Å². The van der Waals surface area contributed by atoms with Crippen molar-refractivity contribution in [3.8, 4) is 0 Å². The molecule has 0 bridgehead atoms. The molecule has 13 heteroatoms. The zero-order chi connectivity index (χ0) is 32.1. The zero-order valence-electron chi connectivity index (χ0n) is 25.5. The third-order valence-electron chi connectivity index (χ3n) is 9.42. The number of rotatable bonds is 8. The minimum absolute atomic E-state index is 0.112. The van der Waals surface area contributed by atoms with Gasteiger partial charge < -0.3 is 34.2 Å². The molecule has 0 aromatic rings. The summed E-state index contributed by atoms with van der Waals surface area (Å²) in [7, 11) is 0. The summed E-state index contributed by atoms with van der Waals surface area (Å²) in [5.74, 6) is -3.65. The number of nitrogens with zero attached hydrogens (tertiary/aromatic N) is 2. The van der Waals surface area contributed by atoms with Crippen molar-refractivity contribution in [3.63, 3.8) is 0 Å². The average Bonchev–Trinajstić information content (AvgIpc) is 3.41. The van der Waals surface area contributed by atoms with Gasteiger partial charge in [-0.05, 0) is 62.2 Å². The van der Waals surface area contributed by atoms with Crippen LogP contribution in [0.5, 0.6) is 0 Å². The number of carbonyl (C=O) groups excluding carboxylic acids is 4. The summed E-state index contributed by atoms with van der Waals surface area (Å²) in [6.07, 6.45) is 10.6. The highest BCUT2D eigenvalue weighted by molar-refractivity contribution is 8.01. The van der Waals surface area contributed by atoms with E-state index in [1.807, 2.05) is 0 Å². The van der Waals surface area contributed by atoms with Gasteiger partial charge >= 0.3 is 5.97 Å². The van der Waals surface area contributed by atoms with Crippen LogP contribution in [-0.4, -0.2) is 96.2 Å². The smallest absolute Gasteiger partial charge is 0.311 e. The van der Waals surface area contributed by atoms with Crippen molar-refractivity contribution in [2.45, 2.75) is 80.7 Å². The number of piperazine rings is 1. The van der Waals surface area contributed by atoms with Crippen molar-refractivity contribution in [1.82, 2.24) is 9.80 Å². The summed E-state index contributed by atoms with van der Waals surface area (Å²) >= 11 is 2.42. The Morgan fingerprint density at radius 3 is 2.05 bits per heavy atom. The van der Waals surface area contributed by atoms with E-state index in [0.717, 1.165) is 0 Å². The van der Waals surface area contributed by atoms with Crippen molar-refractivity contribution in [1.29, 1.82) is 0 Å². The topological polar surface area (TPSA) is 143 Å². The number of carbonyl (C=O) groups is 4. The molecular formula is C31H38N2O9S2. The number of amides is 2. The highest BCUT2D eigenvalue weighted by Crippen LogP contribution is 2.59. The average molecular weight is 647 g/mol. The first kappa shape index (κ1) is 32.4.